The minimum absolute atomic E-state index is 0.0434. The molecule has 13 atom stereocenters. The predicted molar refractivity (Wildman–Crippen MR) is 278 cm³/mol. The maximum absolute atomic E-state index is 14.8. The van der Waals surface area contributed by atoms with Crippen LogP contribution in [0.2, 0.25) is 0 Å². The molecule has 0 bridgehead atoms. The Morgan fingerprint density at radius 3 is 2.01 bits per heavy atom. The number of aliphatic hydroxyl groups is 2. The molecular weight excluding hydrogens is 987 g/mol. The third-order valence-electron chi connectivity index (χ3n) is 14.0. The van der Waals surface area contributed by atoms with Crippen LogP contribution in [0.25, 0.3) is 0 Å². The first-order valence-corrected chi connectivity index (χ1v) is 26.5. The molecule has 7 amide bonds. The van der Waals surface area contributed by atoms with Crippen LogP contribution in [-0.2, 0) is 63.8 Å². The summed E-state index contributed by atoms with van der Waals surface area (Å²) in [6.07, 6.45) is -5.92. The van der Waals surface area contributed by atoms with E-state index in [-0.39, 0.29) is 44.1 Å². The zero-order valence-electron chi connectivity index (χ0n) is 46.8. The van der Waals surface area contributed by atoms with Crippen LogP contribution in [-0.4, -0.2) is 166 Å². The largest absolute Gasteiger partial charge is 0.497 e. The first-order valence-electron chi connectivity index (χ1n) is 26.5. The molecule has 2 heterocycles. The van der Waals surface area contributed by atoms with Gasteiger partial charge in [-0.1, -0.05) is 73.9 Å². The third kappa shape index (κ3) is 18.0. The first-order chi connectivity index (χ1) is 35.5. The fourth-order valence-electron chi connectivity index (χ4n) is 9.18. The second-order valence-corrected chi connectivity index (χ2v) is 21.6. The Kier molecular flexibility index (Phi) is 24.8. The molecule has 2 fully saturated rings. The molecule has 0 unspecified atom stereocenters. The lowest BCUT2D eigenvalue weighted by Gasteiger charge is -2.35. The third-order valence-corrected chi connectivity index (χ3v) is 14.0. The van der Waals surface area contributed by atoms with E-state index in [9.17, 15) is 58.2 Å². The number of esters is 2. The molecule has 76 heavy (non-hydrogen) atoms. The van der Waals surface area contributed by atoms with Gasteiger partial charge in [-0.05, 0) is 94.7 Å². The summed E-state index contributed by atoms with van der Waals surface area (Å²) < 4.78 is 17.0. The van der Waals surface area contributed by atoms with Gasteiger partial charge in [0.2, 0.25) is 41.4 Å². The van der Waals surface area contributed by atoms with E-state index in [4.69, 9.17) is 14.2 Å². The smallest absolute Gasteiger partial charge is 0.329 e. The Labute approximate surface area is 447 Å². The van der Waals surface area contributed by atoms with Gasteiger partial charge in [-0.15, -0.1) is 0 Å². The molecule has 22 nitrogen and oxygen atoms in total. The van der Waals surface area contributed by atoms with Crippen molar-refractivity contribution in [2.45, 2.75) is 195 Å². The minimum Gasteiger partial charge on any atom is -0.497 e. The summed E-state index contributed by atoms with van der Waals surface area (Å²) in [5.41, 5.74) is 0.546. The van der Waals surface area contributed by atoms with Gasteiger partial charge >= 0.3 is 11.9 Å². The summed E-state index contributed by atoms with van der Waals surface area (Å²) in [4.78, 5) is 143. The maximum Gasteiger partial charge on any atom is 0.329 e. The number of likely N-dealkylation sites (N-methyl/N-ethyl adjacent to an activating group) is 1. The van der Waals surface area contributed by atoms with Crippen LogP contribution in [0.15, 0.2) is 24.3 Å². The lowest BCUT2D eigenvalue weighted by Crippen LogP contribution is -2.62. The van der Waals surface area contributed by atoms with E-state index in [0.29, 0.717) is 24.2 Å². The molecule has 2 saturated heterocycles. The number of Topliss-reactive ketones (excluding diaryl/α,β-unsaturated/α-hetero) is 1. The predicted octanol–water partition coefficient (Wildman–Crippen LogP) is 1.49. The van der Waals surface area contributed by atoms with Crippen LogP contribution in [0.3, 0.4) is 0 Å². The highest BCUT2D eigenvalue weighted by atomic mass is 16.6. The van der Waals surface area contributed by atoms with Crippen molar-refractivity contribution in [2.75, 3.05) is 20.7 Å². The van der Waals surface area contributed by atoms with E-state index in [2.05, 4.69) is 26.6 Å². The highest BCUT2D eigenvalue weighted by molar-refractivity contribution is 6.05. The Hall–Kier alpha value is -6.16. The van der Waals surface area contributed by atoms with E-state index in [1.165, 1.54) is 46.8 Å². The number of fused-ring (bicyclic) bond motifs is 1. The van der Waals surface area contributed by atoms with Gasteiger partial charge in [-0.3, -0.25) is 43.2 Å². The molecular formula is C54H85N7O15. The quantitative estimate of drug-likeness (QED) is 0.0912. The average molecular weight is 1070 g/mol. The normalized spacial score (nSPS) is 26.5. The molecule has 1 aromatic carbocycles. The molecule has 0 aromatic heterocycles. The summed E-state index contributed by atoms with van der Waals surface area (Å²) >= 11 is 0. The number of nitrogens with one attached hydrogen (secondary N) is 5. The van der Waals surface area contributed by atoms with Gasteiger partial charge in [0, 0.05) is 20.0 Å². The van der Waals surface area contributed by atoms with Crippen LogP contribution < -0.4 is 31.3 Å². The lowest BCUT2D eigenvalue weighted by atomic mass is 9.91. The van der Waals surface area contributed by atoms with E-state index in [1.54, 1.807) is 65.8 Å². The highest BCUT2D eigenvalue weighted by Gasteiger charge is 2.43. The number of rotatable bonds is 16. The van der Waals surface area contributed by atoms with E-state index in [1.807, 2.05) is 13.8 Å². The van der Waals surface area contributed by atoms with Crippen molar-refractivity contribution >= 4 is 59.1 Å². The molecule has 426 valence electrons. The van der Waals surface area contributed by atoms with Gasteiger partial charge in [0.05, 0.1) is 31.6 Å². The number of hydrogen-bond acceptors (Lipinski definition) is 15. The number of hydrogen-bond donors (Lipinski definition) is 7. The number of carbonyl (C=O) groups excluding carboxylic acids is 10. The summed E-state index contributed by atoms with van der Waals surface area (Å²) in [6.45, 7) is 19.3. The monoisotopic (exact) mass is 1070 g/mol. The number of ether oxygens (including phenoxy) is 3. The van der Waals surface area contributed by atoms with Gasteiger partial charge in [-0.25, -0.2) is 4.79 Å². The van der Waals surface area contributed by atoms with Crippen molar-refractivity contribution in [3.63, 3.8) is 0 Å². The molecule has 3 rings (SSSR count). The zero-order chi connectivity index (χ0) is 57.5. The second-order valence-electron chi connectivity index (χ2n) is 21.6. The molecule has 22 heteroatoms. The van der Waals surface area contributed by atoms with E-state index in [0.717, 1.165) is 4.90 Å². The molecule has 0 saturated carbocycles. The zero-order valence-corrected chi connectivity index (χ0v) is 46.8. The molecule has 7 N–H and O–H groups in total. The number of nitrogens with zero attached hydrogens (tertiary/aromatic N) is 2. The number of methoxy groups -OCH3 is 1. The van der Waals surface area contributed by atoms with Crippen molar-refractivity contribution in [3.05, 3.63) is 29.8 Å². The van der Waals surface area contributed by atoms with Crippen molar-refractivity contribution in [1.82, 2.24) is 36.4 Å². The number of aliphatic hydroxyl groups excluding tert-OH is 2. The van der Waals surface area contributed by atoms with Crippen LogP contribution in [0, 0.1) is 29.6 Å². The van der Waals surface area contributed by atoms with Crippen molar-refractivity contribution < 1.29 is 72.4 Å². The van der Waals surface area contributed by atoms with Crippen LogP contribution in [0.1, 0.15) is 127 Å². The highest BCUT2D eigenvalue weighted by Crippen LogP contribution is 2.24. The Morgan fingerprint density at radius 1 is 0.842 bits per heavy atom. The first kappa shape index (κ1) is 64.1. The van der Waals surface area contributed by atoms with Crippen LogP contribution in [0.4, 0.5) is 0 Å². The number of ketones is 1. The van der Waals surface area contributed by atoms with Crippen molar-refractivity contribution in [3.8, 4) is 5.75 Å². The molecule has 0 spiro atoms. The average Bonchev–Trinajstić information content (AvgIpc) is 3.86. The summed E-state index contributed by atoms with van der Waals surface area (Å²) in [5.74, 6) is -10.9. The van der Waals surface area contributed by atoms with Gasteiger partial charge in [0.25, 0.3) is 0 Å². The summed E-state index contributed by atoms with van der Waals surface area (Å²) in [7, 11) is 2.81. The standard InChI is InChI=1S/C54H85N7O15/c1-15-30(8)43-41(63)26-42(64)76-46(29(6)7)45(65)31(9)47(66)56-37(23-27(2)3)53(72)61-22-16-17-39(61)49(68)57-38(25-35-18-20-36(74-14)21-19-35)54(73)75-34(12)44(51(70)58-43)59-50(69)40(24-28(4)5)60(13)52(71)32(10)55-48(67)33(11)62/h18-21,27-34,37-41,43-44,46,62-63H,15-17,22-26H2,1-14H3,(H,55,67)(H,56,66)(H,57,68)(H,58,70)(H,59,69)/t30-,31-,32-,33-,34-,37+,38-,39-,40+,41+,43-,44-,46+/m0/s1. The number of carbonyl (C=O) groups is 10. The van der Waals surface area contributed by atoms with Gasteiger partial charge in [-0.2, -0.15) is 0 Å². The van der Waals surface area contributed by atoms with Crippen LogP contribution >= 0.6 is 0 Å². The molecule has 0 aliphatic carbocycles. The minimum atomic E-state index is -1.78. The Balaban J connectivity index is 2.25. The van der Waals surface area contributed by atoms with Crippen molar-refractivity contribution in [2.24, 2.45) is 29.6 Å². The molecule has 2 aliphatic rings. The fraction of sp³-hybridized carbons (Fsp3) is 0.704. The molecule has 2 aliphatic heterocycles. The van der Waals surface area contributed by atoms with E-state index >= 15 is 0 Å². The van der Waals surface area contributed by atoms with Crippen LogP contribution in [0.5, 0.6) is 5.75 Å². The number of cyclic esters (lactones) is 2. The van der Waals surface area contributed by atoms with Gasteiger partial charge in [0.1, 0.15) is 54.2 Å². The lowest BCUT2D eigenvalue weighted by molar-refractivity contribution is -0.162. The molecule has 1 aromatic rings. The maximum atomic E-state index is 14.8. The van der Waals surface area contributed by atoms with Crippen molar-refractivity contribution in [1.29, 1.82) is 0 Å². The topological polar surface area (TPSA) is 305 Å². The van der Waals surface area contributed by atoms with Gasteiger partial charge < -0.3 is 60.8 Å². The fourth-order valence-corrected chi connectivity index (χ4v) is 9.18. The summed E-state index contributed by atoms with van der Waals surface area (Å²) in [5, 5.41) is 34.8. The number of benzene rings is 1. The number of amides is 7. The molecule has 0 radical (unpaired) electrons. The Bertz CT molecular complexity index is 2200. The Morgan fingerprint density at radius 2 is 1.46 bits per heavy atom. The second kappa shape index (κ2) is 29.4. The van der Waals surface area contributed by atoms with E-state index < -0.39 is 150 Å². The van der Waals surface area contributed by atoms with Gasteiger partial charge in [0.15, 0.2) is 11.9 Å². The summed E-state index contributed by atoms with van der Waals surface area (Å²) in [6, 6.07) is -2.62. The SMILES string of the molecule is CC[C@H](C)[C@@H]1NC(=O)[C@@H](NC(=O)[C@@H](CC(C)C)N(C)C(=O)[C@H](C)NC(=O)[C@H](C)O)[C@H](C)OC(=O)[C@H](Cc2ccc(OC)cc2)NC(=O)[C@@H]2CCCN2C(=O)[C@@H](CC(C)C)NC(=O)[C@@H](C)C(=O)[C@@H](C(C)C)OC(=O)C[C@H]1O.